The molecule has 4 rings (SSSR count). The quantitative estimate of drug-likeness (QED) is 0.599. The lowest BCUT2D eigenvalue weighted by Crippen LogP contribution is -2.46. The molecule has 3 aromatic rings. The summed E-state index contributed by atoms with van der Waals surface area (Å²) in [7, 11) is -3.60. The van der Waals surface area contributed by atoms with E-state index in [1.165, 1.54) is 18.2 Å². The molecule has 0 radical (unpaired) electrons. The average Bonchev–Trinajstić information content (AvgIpc) is 3.21. The highest BCUT2D eigenvalue weighted by Gasteiger charge is 2.20. The van der Waals surface area contributed by atoms with Crippen molar-refractivity contribution in [2.45, 2.75) is 10.8 Å². The minimum Gasteiger partial charge on any atom is -0.368 e. The molecule has 1 aliphatic rings. The van der Waals surface area contributed by atoms with Gasteiger partial charge in [0.2, 0.25) is 10.0 Å². The summed E-state index contributed by atoms with van der Waals surface area (Å²) in [4.78, 5) is 8.82. The smallest absolute Gasteiger partial charge is 0.250 e. The van der Waals surface area contributed by atoms with Gasteiger partial charge in [0.25, 0.3) is 0 Å². The van der Waals surface area contributed by atoms with Crippen LogP contribution in [0.1, 0.15) is 5.56 Å². The Labute approximate surface area is 184 Å². The van der Waals surface area contributed by atoms with E-state index in [-0.39, 0.29) is 16.6 Å². The van der Waals surface area contributed by atoms with E-state index in [9.17, 15) is 12.8 Å². The van der Waals surface area contributed by atoms with E-state index >= 15 is 0 Å². The Bertz CT molecular complexity index is 1110. The fourth-order valence-electron chi connectivity index (χ4n) is 3.28. The molecule has 158 valence electrons. The number of thiophene rings is 1. The maximum atomic E-state index is 13.1. The molecule has 1 N–H and O–H groups in total. The largest absolute Gasteiger partial charge is 0.368 e. The summed E-state index contributed by atoms with van der Waals surface area (Å²) in [5.41, 5.74) is 1.83. The Morgan fingerprint density at radius 1 is 1.03 bits per heavy atom. The predicted molar refractivity (Wildman–Crippen MR) is 118 cm³/mol. The van der Waals surface area contributed by atoms with Crippen LogP contribution in [0, 0.1) is 5.82 Å². The minimum absolute atomic E-state index is 0.170. The van der Waals surface area contributed by atoms with Gasteiger partial charge in [0, 0.05) is 44.6 Å². The first-order chi connectivity index (χ1) is 14.4. The summed E-state index contributed by atoms with van der Waals surface area (Å²) in [6.07, 6.45) is 1.69. The fourth-order valence-corrected chi connectivity index (χ4v) is 5.83. The van der Waals surface area contributed by atoms with Crippen molar-refractivity contribution in [1.82, 2.24) is 9.71 Å². The standard InChI is InChI=1S/C20H20ClFN4O2S2/c21-18-5-6-20(29-18)30(27,28)24-14-15-7-8-23-19(13-15)26-11-9-25(10-12-26)17-3-1-16(22)2-4-17/h1-8,13,24H,9-12,14H2. The third-order valence-corrected chi connectivity index (χ3v) is 8.01. The van der Waals surface area contributed by atoms with Crippen LogP contribution in [-0.2, 0) is 16.6 Å². The van der Waals surface area contributed by atoms with Crippen molar-refractivity contribution in [3.63, 3.8) is 0 Å². The van der Waals surface area contributed by atoms with E-state index in [1.54, 1.807) is 30.5 Å². The molecule has 0 spiro atoms. The molecule has 3 heterocycles. The van der Waals surface area contributed by atoms with Gasteiger partial charge in [-0.05, 0) is 54.1 Å². The molecule has 6 nitrogen and oxygen atoms in total. The van der Waals surface area contributed by atoms with Crippen molar-refractivity contribution in [3.05, 3.63) is 70.4 Å². The van der Waals surface area contributed by atoms with Crippen molar-refractivity contribution >= 4 is 44.5 Å². The Hall–Kier alpha value is -2.20. The van der Waals surface area contributed by atoms with Crippen molar-refractivity contribution < 1.29 is 12.8 Å². The van der Waals surface area contributed by atoms with Gasteiger partial charge < -0.3 is 9.80 Å². The predicted octanol–water partition coefficient (Wildman–Crippen LogP) is 3.74. The molecule has 1 saturated heterocycles. The maximum absolute atomic E-state index is 13.1. The van der Waals surface area contributed by atoms with E-state index in [4.69, 9.17) is 11.6 Å². The van der Waals surface area contributed by atoms with Crippen molar-refractivity contribution in [1.29, 1.82) is 0 Å². The highest BCUT2D eigenvalue weighted by atomic mass is 35.5. The molecule has 0 amide bonds. The van der Waals surface area contributed by atoms with Crippen LogP contribution >= 0.6 is 22.9 Å². The van der Waals surface area contributed by atoms with Gasteiger partial charge in [-0.2, -0.15) is 0 Å². The number of aromatic nitrogens is 1. The number of halogens is 2. The number of nitrogens with one attached hydrogen (secondary N) is 1. The van der Waals surface area contributed by atoms with E-state index in [0.717, 1.165) is 54.6 Å². The second-order valence-electron chi connectivity index (χ2n) is 6.86. The Morgan fingerprint density at radius 3 is 2.40 bits per heavy atom. The third-order valence-electron chi connectivity index (χ3n) is 4.89. The van der Waals surface area contributed by atoms with Crippen LogP contribution in [0.2, 0.25) is 4.34 Å². The van der Waals surface area contributed by atoms with Gasteiger partial charge in [0.05, 0.1) is 4.34 Å². The van der Waals surface area contributed by atoms with Crippen LogP contribution in [0.3, 0.4) is 0 Å². The summed E-state index contributed by atoms with van der Waals surface area (Å²) in [6, 6.07) is 13.3. The lowest BCUT2D eigenvalue weighted by Gasteiger charge is -2.36. The SMILES string of the molecule is O=S(=O)(NCc1ccnc(N2CCN(c3ccc(F)cc3)CC2)c1)c1ccc(Cl)s1. The Balaban J connectivity index is 1.37. The zero-order valence-electron chi connectivity index (χ0n) is 16.0. The second-order valence-corrected chi connectivity index (χ2v) is 10.6. The topological polar surface area (TPSA) is 65.5 Å². The summed E-state index contributed by atoms with van der Waals surface area (Å²) >= 11 is 6.86. The van der Waals surface area contributed by atoms with Gasteiger partial charge in [-0.3, -0.25) is 0 Å². The average molecular weight is 467 g/mol. The number of hydrogen-bond acceptors (Lipinski definition) is 6. The second kappa shape index (κ2) is 8.89. The number of sulfonamides is 1. The summed E-state index contributed by atoms with van der Waals surface area (Å²) < 4.78 is 41.1. The molecule has 10 heteroatoms. The lowest BCUT2D eigenvalue weighted by atomic mass is 10.2. The maximum Gasteiger partial charge on any atom is 0.250 e. The molecule has 2 aromatic heterocycles. The minimum atomic E-state index is -3.60. The van der Waals surface area contributed by atoms with Crippen LogP contribution in [0.4, 0.5) is 15.9 Å². The van der Waals surface area contributed by atoms with Gasteiger partial charge in [0.1, 0.15) is 15.8 Å². The van der Waals surface area contributed by atoms with E-state index in [2.05, 4.69) is 19.5 Å². The summed E-state index contributed by atoms with van der Waals surface area (Å²) in [5, 5.41) is 0. The Morgan fingerprint density at radius 2 is 1.73 bits per heavy atom. The van der Waals surface area contributed by atoms with Crippen molar-refractivity contribution in [2.75, 3.05) is 36.0 Å². The van der Waals surface area contributed by atoms with E-state index in [1.807, 2.05) is 6.07 Å². The van der Waals surface area contributed by atoms with E-state index < -0.39 is 10.0 Å². The van der Waals surface area contributed by atoms with Gasteiger partial charge in [-0.1, -0.05) is 11.6 Å². The molecule has 0 aliphatic carbocycles. The van der Waals surface area contributed by atoms with Crippen LogP contribution < -0.4 is 14.5 Å². The summed E-state index contributed by atoms with van der Waals surface area (Å²) in [5.74, 6) is 0.570. The number of benzene rings is 1. The van der Waals surface area contributed by atoms with Crippen LogP contribution in [0.5, 0.6) is 0 Å². The first kappa shape index (κ1) is 21.0. The number of nitrogens with zero attached hydrogens (tertiary/aromatic N) is 3. The van der Waals surface area contributed by atoms with E-state index in [0.29, 0.717) is 4.34 Å². The van der Waals surface area contributed by atoms with Crippen molar-refractivity contribution in [2.24, 2.45) is 0 Å². The number of piperazine rings is 1. The number of pyridine rings is 1. The zero-order valence-corrected chi connectivity index (χ0v) is 18.4. The number of rotatable bonds is 6. The molecule has 0 bridgehead atoms. The van der Waals surface area contributed by atoms with Gasteiger partial charge in [0.15, 0.2) is 0 Å². The highest BCUT2D eigenvalue weighted by Crippen LogP contribution is 2.26. The first-order valence-electron chi connectivity index (χ1n) is 9.36. The highest BCUT2D eigenvalue weighted by molar-refractivity contribution is 7.91. The fraction of sp³-hybridized carbons (Fsp3) is 0.250. The number of anilines is 2. The molecular formula is C20H20ClFN4O2S2. The molecule has 30 heavy (non-hydrogen) atoms. The summed E-state index contributed by atoms with van der Waals surface area (Å²) in [6.45, 7) is 3.30. The normalized spacial score (nSPS) is 14.9. The monoisotopic (exact) mass is 466 g/mol. The number of hydrogen-bond donors (Lipinski definition) is 1. The molecule has 1 aromatic carbocycles. The lowest BCUT2D eigenvalue weighted by molar-refractivity contribution is 0.583. The van der Waals surface area contributed by atoms with Crippen LogP contribution in [-0.4, -0.2) is 39.6 Å². The molecule has 1 aliphatic heterocycles. The van der Waals surface area contributed by atoms with Gasteiger partial charge >= 0.3 is 0 Å². The molecule has 0 atom stereocenters. The van der Waals surface area contributed by atoms with Crippen LogP contribution in [0.15, 0.2) is 58.9 Å². The van der Waals surface area contributed by atoms with Crippen molar-refractivity contribution in [3.8, 4) is 0 Å². The molecule has 1 fully saturated rings. The third kappa shape index (κ3) is 4.92. The van der Waals surface area contributed by atoms with Gasteiger partial charge in [-0.25, -0.2) is 22.5 Å². The zero-order chi connectivity index (χ0) is 21.1. The molecular weight excluding hydrogens is 447 g/mol. The Kier molecular flexibility index (Phi) is 6.24. The van der Waals surface area contributed by atoms with Gasteiger partial charge in [-0.15, -0.1) is 11.3 Å². The first-order valence-corrected chi connectivity index (χ1v) is 12.0. The van der Waals surface area contributed by atoms with Crippen LogP contribution in [0.25, 0.3) is 0 Å². The molecule has 0 saturated carbocycles. The molecule has 0 unspecified atom stereocenters.